The van der Waals surface area contributed by atoms with Gasteiger partial charge in [0.05, 0.1) is 12.2 Å². The molecule has 0 amide bonds. The van der Waals surface area contributed by atoms with Crippen molar-refractivity contribution in [2.45, 2.75) is 19.4 Å². The molecule has 1 unspecified atom stereocenters. The van der Waals surface area contributed by atoms with Crippen molar-refractivity contribution in [3.63, 3.8) is 0 Å². The maximum absolute atomic E-state index is 5.79. The number of anilines is 1. The van der Waals surface area contributed by atoms with E-state index in [0.717, 1.165) is 24.2 Å². The molecule has 1 heterocycles. The van der Waals surface area contributed by atoms with E-state index in [2.05, 4.69) is 39.9 Å². The quantitative estimate of drug-likeness (QED) is 0.783. The number of halogens is 1. The molecule has 0 bridgehead atoms. The third-order valence-electron chi connectivity index (χ3n) is 2.57. The second-order valence-corrected chi connectivity index (χ2v) is 4.68. The predicted octanol–water partition coefficient (Wildman–Crippen LogP) is 3.06. The van der Waals surface area contributed by atoms with Gasteiger partial charge >= 0.3 is 0 Å². The van der Waals surface area contributed by atoms with E-state index in [0.29, 0.717) is 0 Å². The van der Waals surface area contributed by atoms with Crippen molar-refractivity contribution >= 4 is 21.6 Å². The summed E-state index contributed by atoms with van der Waals surface area (Å²) in [6, 6.07) is 8.28. The fraction of sp³-hybridized carbons (Fsp3) is 0.500. The van der Waals surface area contributed by atoms with Crippen LogP contribution in [-0.2, 0) is 0 Å². The van der Waals surface area contributed by atoms with Crippen molar-refractivity contribution in [1.29, 1.82) is 0 Å². The molecule has 0 aromatic heterocycles. The third kappa shape index (κ3) is 2.46. The Labute approximate surface area is 99.4 Å². The summed E-state index contributed by atoms with van der Waals surface area (Å²) < 4.78 is 5.79. The predicted molar refractivity (Wildman–Crippen MR) is 67.2 cm³/mol. The fourth-order valence-corrected chi connectivity index (χ4v) is 2.19. The molecule has 1 aromatic rings. The highest BCUT2D eigenvalue weighted by molar-refractivity contribution is 9.09. The van der Waals surface area contributed by atoms with E-state index in [1.165, 1.54) is 12.1 Å². The van der Waals surface area contributed by atoms with E-state index < -0.39 is 0 Å². The zero-order chi connectivity index (χ0) is 10.7. The van der Waals surface area contributed by atoms with E-state index in [9.17, 15) is 0 Å². The molecule has 3 heteroatoms. The molecule has 1 aliphatic heterocycles. The van der Waals surface area contributed by atoms with Gasteiger partial charge in [-0.2, -0.15) is 0 Å². The number of hydrogen-bond donors (Lipinski definition) is 0. The van der Waals surface area contributed by atoms with Crippen molar-refractivity contribution in [2.24, 2.45) is 0 Å². The first kappa shape index (κ1) is 10.8. The van der Waals surface area contributed by atoms with Crippen LogP contribution >= 0.6 is 15.9 Å². The number of benzene rings is 1. The van der Waals surface area contributed by atoms with E-state index in [-0.39, 0.29) is 6.10 Å². The fourth-order valence-electron chi connectivity index (χ4n) is 1.94. The van der Waals surface area contributed by atoms with E-state index in [1.807, 2.05) is 12.1 Å². The molecule has 0 spiro atoms. The van der Waals surface area contributed by atoms with Crippen molar-refractivity contribution in [3.05, 3.63) is 24.3 Å². The first-order chi connectivity index (χ1) is 7.31. The SMILES string of the molecule is CC1CN(CCCBr)c2ccccc2O1. The molecule has 2 rings (SSSR count). The summed E-state index contributed by atoms with van der Waals surface area (Å²) in [6.45, 7) is 4.21. The van der Waals surface area contributed by atoms with Gasteiger partial charge in [0, 0.05) is 11.9 Å². The molecule has 1 aromatic carbocycles. The Morgan fingerprint density at radius 1 is 1.47 bits per heavy atom. The number of ether oxygens (including phenoxy) is 1. The van der Waals surface area contributed by atoms with Gasteiger partial charge in [-0.15, -0.1) is 0 Å². The maximum Gasteiger partial charge on any atom is 0.143 e. The summed E-state index contributed by atoms with van der Waals surface area (Å²) in [4.78, 5) is 2.41. The number of nitrogens with zero attached hydrogens (tertiary/aromatic N) is 1. The molecule has 1 aliphatic rings. The van der Waals surface area contributed by atoms with Crippen LogP contribution in [0.25, 0.3) is 0 Å². The molecule has 0 N–H and O–H groups in total. The lowest BCUT2D eigenvalue weighted by atomic mass is 10.2. The minimum absolute atomic E-state index is 0.287. The third-order valence-corrected chi connectivity index (χ3v) is 3.13. The number of para-hydroxylation sites is 2. The van der Waals surface area contributed by atoms with Gasteiger partial charge < -0.3 is 9.64 Å². The summed E-state index contributed by atoms with van der Waals surface area (Å²) >= 11 is 3.47. The Bertz CT molecular complexity index is 329. The van der Waals surface area contributed by atoms with Gasteiger partial charge in [-0.05, 0) is 25.5 Å². The molecule has 0 radical (unpaired) electrons. The Morgan fingerprint density at radius 2 is 2.27 bits per heavy atom. The van der Waals surface area contributed by atoms with Crippen LogP contribution < -0.4 is 9.64 Å². The lowest BCUT2D eigenvalue weighted by Crippen LogP contribution is -2.39. The van der Waals surface area contributed by atoms with Gasteiger partial charge in [0.2, 0.25) is 0 Å². The Balaban J connectivity index is 2.18. The molecule has 0 aliphatic carbocycles. The zero-order valence-corrected chi connectivity index (χ0v) is 10.5. The lowest BCUT2D eigenvalue weighted by molar-refractivity contribution is 0.212. The van der Waals surface area contributed by atoms with E-state index >= 15 is 0 Å². The number of hydrogen-bond acceptors (Lipinski definition) is 2. The summed E-state index contributed by atoms with van der Waals surface area (Å²) in [5.41, 5.74) is 1.23. The first-order valence-electron chi connectivity index (χ1n) is 5.38. The summed E-state index contributed by atoms with van der Waals surface area (Å²) in [7, 11) is 0. The Kier molecular flexibility index (Phi) is 3.52. The molecular formula is C12H16BrNO. The molecule has 0 fully saturated rings. The monoisotopic (exact) mass is 269 g/mol. The molecule has 0 saturated heterocycles. The molecular weight excluding hydrogens is 254 g/mol. The smallest absolute Gasteiger partial charge is 0.143 e. The van der Waals surface area contributed by atoms with Crippen LogP contribution in [0, 0.1) is 0 Å². The highest BCUT2D eigenvalue weighted by Gasteiger charge is 2.21. The molecule has 1 atom stereocenters. The van der Waals surface area contributed by atoms with Gasteiger partial charge in [0.15, 0.2) is 0 Å². The van der Waals surface area contributed by atoms with Crippen LogP contribution in [-0.4, -0.2) is 24.5 Å². The highest BCUT2D eigenvalue weighted by atomic mass is 79.9. The lowest BCUT2D eigenvalue weighted by Gasteiger charge is -2.34. The van der Waals surface area contributed by atoms with Gasteiger partial charge in [0.25, 0.3) is 0 Å². The van der Waals surface area contributed by atoms with Crippen LogP contribution in [0.15, 0.2) is 24.3 Å². The average Bonchev–Trinajstić information content (AvgIpc) is 2.25. The summed E-state index contributed by atoms with van der Waals surface area (Å²) in [6.07, 6.45) is 1.45. The van der Waals surface area contributed by atoms with Gasteiger partial charge in [-0.1, -0.05) is 28.1 Å². The van der Waals surface area contributed by atoms with E-state index in [1.54, 1.807) is 0 Å². The molecule has 0 saturated carbocycles. The van der Waals surface area contributed by atoms with Gasteiger partial charge in [0.1, 0.15) is 11.9 Å². The van der Waals surface area contributed by atoms with Crippen LogP contribution in [0.1, 0.15) is 13.3 Å². The molecule has 15 heavy (non-hydrogen) atoms. The van der Waals surface area contributed by atoms with Crippen LogP contribution in [0.2, 0.25) is 0 Å². The van der Waals surface area contributed by atoms with Crippen LogP contribution in [0.3, 0.4) is 0 Å². The molecule has 82 valence electrons. The minimum atomic E-state index is 0.287. The van der Waals surface area contributed by atoms with Crippen molar-refractivity contribution in [2.75, 3.05) is 23.3 Å². The number of fused-ring (bicyclic) bond motifs is 1. The summed E-state index contributed by atoms with van der Waals surface area (Å²) in [5, 5.41) is 1.06. The number of alkyl halides is 1. The average molecular weight is 270 g/mol. The first-order valence-corrected chi connectivity index (χ1v) is 6.50. The minimum Gasteiger partial charge on any atom is -0.487 e. The second-order valence-electron chi connectivity index (χ2n) is 3.88. The van der Waals surface area contributed by atoms with Crippen molar-refractivity contribution in [3.8, 4) is 5.75 Å². The van der Waals surface area contributed by atoms with Crippen LogP contribution in [0.5, 0.6) is 5.75 Å². The Hall–Kier alpha value is -0.700. The largest absolute Gasteiger partial charge is 0.487 e. The number of rotatable bonds is 3. The van der Waals surface area contributed by atoms with Gasteiger partial charge in [-0.3, -0.25) is 0 Å². The van der Waals surface area contributed by atoms with Crippen molar-refractivity contribution in [1.82, 2.24) is 0 Å². The molecule has 2 nitrogen and oxygen atoms in total. The topological polar surface area (TPSA) is 12.5 Å². The van der Waals surface area contributed by atoms with Crippen LogP contribution in [0.4, 0.5) is 5.69 Å². The Morgan fingerprint density at radius 3 is 3.07 bits per heavy atom. The van der Waals surface area contributed by atoms with Gasteiger partial charge in [-0.25, -0.2) is 0 Å². The maximum atomic E-state index is 5.79. The summed E-state index contributed by atoms with van der Waals surface area (Å²) in [5.74, 6) is 1.02. The highest BCUT2D eigenvalue weighted by Crippen LogP contribution is 2.32. The normalized spacial score (nSPS) is 19.6. The van der Waals surface area contributed by atoms with E-state index in [4.69, 9.17) is 4.74 Å². The zero-order valence-electron chi connectivity index (χ0n) is 8.95. The standard InChI is InChI=1S/C12H16BrNO/c1-10-9-14(8-4-7-13)11-5-2-3-6-12(11)15-10/h2-3,5-6,10H,4,7-9H2,1H3. The second kappa shape index (κ2) is 4.88. The van der Waals surface area contributed by atoms with Crippen molar-refractivity contribution < 1.29 is 4.74 Å².